The summed E-state index contributed by atoms with van der Waals surface area (Å²) in [6.07, 6.45) is 6.93. The molecule has 2 aliphatic rings. The molecule has 2 unspecified atom stereocenters. The average molecular weight is 283 g/mol. The first-order valence-electron chi connectivity index (χ1n) is 8.22. The summed E-state index contributed by atoms with van der Waals surface area (Å²) in [5.74, 6) is 0.488. The van der Waals surface area contributed by atoms with Crippen LogP contribution in [0.2, 0.25) is 0 Å². The van der Waals surface area contributed by atoms with Crippen molar-refractivity contribution in [1.29, 1.82) is 5.26 Å². The summed E-state index contributed by atoms with van der Waals surface area (Å²) in [5.41, 5.74) is 2.61. The van der Waals surface area contributed by atoms with E-state index in [-0.39, 0.29) is 5.54 Å². The van der Waals surface area contributed by atoms with E-state index in [9.17, 15) is 5.26 Å². The van der Waals surface area contributed by atoms with Gasteiger partial charge in [-0.05, 0) is 56.7 Å². The van der Waals surface area contributed by atoms with Gasteiger partial charge in [0.2, 0.25) is 0 Å². The van der Waals surface area contributed by atoms with Crippen LogP contribution in [0, 0.1) is 17.2 Å². The second-order valence-corrected chi connectivity index (χ2v) is 6.43. The Morgan fingerprint density at radius 2 is 2.24 bits per heavy atom. The number of benzene rings is 1. The molecule has 112 valence electrons. The standard InChI is InChI=1S/C18H25N3/c1-20-18(14-19)11-4-8-16(18)10-13-21-12-5-7-15-6-2-3-9-17(15)21/h2-3,6,9,16,20H,4-5,7-8,10-13H2,1H3. The first kappa shape index (κ1) is 14.4. The van der Waals surface area contributed by atoms with Gasteiger partial charge in [0.25, 0.3) is 0 Å². The molecule has 3 heteroatoms. The Morgan fingerprint density at radius 1 is 1.38 bits per heavy atom. The summed E-state index contributed by atoms with van der Waals surface area (Å²) in [4.78, 5) is 2.52. The van der Waals surface area contributed by atoms with Crippen LogP contribution < -0.4 is 10.2 Å². The fourth-order valence-electron chi connectivity index (χ4n) is 4.16. The zero-order chi connectivity index (χ0) is 14.7. The number of aryl methyl sites for hydroxylation is 1. The Labute approximate surface area is 128 Å². The quantitative estimate of drug-likeness (QED) is 0.923. The van der Waals surface area contributed by atoms with Crippen molar-refractivity contribution in [3.63, 3.8) is 0 Å². The van der Waals surface area contributed by atoms with E-state index in [0.29, 0.717) is 5.92 Å². The lowest BCUT2D eigenvalue weighted by Gasteiger charge is -2.34. The SMILES string of the molecule is CNC1(C#N)CCCC1CCN1CCCc2ccccc21. The molecule has 0 saturated heterocycles. The first-order chi connectivity index (χ1) is 10.3. The minimum absolute atomic E-state index is 0.282. The Kier molecular flexibility index (Phi) is 4.17. The van der Waals surface area contributed by atoms with Gasteiger partial charge in [0.1, 0.15) is 5.54 Å². The molecule has 1 heterocycles. The maximum absolute atomic E-state index is 9.56. The molecule has 3 rings (SSSR count). The second-order valence-electron chi connectivity index (χ2n) is 6.43. The van der Waals surface area contributed by atoms with Gasteiger partial charge in [-0.15, -0.1) is 0 Å². The molecule has 1 saturated carbocycles. The van der Waals surface area contributed by atoms with E-state index in [2.05, 4.69) is 40.6 Å². The van der Waals surface area contributed by atoms with Crippen LogP contribution in [0.3, 0.4) is 0 Å². The van der Waals surface area contributed by atoms with Crippen LogP contribution in [0.1, 0.15) is 37.7 Å². The van der Waals surface area contributed by atoms with Gasteiger partial charge >= 0.3 is 0 Å². The van der Waals surface area contributed by atoms with Gasteiger partial charge < -0.3 is 10.2 Å². The van der Waals surface area contributed by atoms with Gasteiger partial charge in [-0.3, -0.25) is 0 Å². The van der Waals surface area contributed by atoms with Crippen LogP contribution >= 0.6 is 0 Å². The van der Waals surface area contributed by atoms with E-state index in [1.807, 2.05) is 7.05 Å². The molecular formula is C18H25N3. The van der Waals surface area contributed by atoms with Crippen molar-refractivity contribution in [1.82, 2.24) is 5.32 Å². The average Bonchev–Trinajstić information content (AvgIpc) is 2.96. The summed E-state index contributed by atoms with van der Waals surface area (Å²) < 4.78 is 0. The normalized spacial score (nSPS) is 28.2. The fourth-order valence-corrected chi connectivity index (χ4v) is 4.16. The van der Waals surface area contributed by atoms with Gasteiger partial charge in [0.05, 0.1) is 6.07 Å². The molecule has 0 amide bonds. The third-order valence-electron chi connectivity index (χ3n) is 5.42. The summed E-state index contributed by atoms with van der Waals surface area (Å²) in [6, 6.07) is 11.3. The summed E-state index contributed by atoms with van der Waals surface area (Å²) in [6.45, 7) is 2.23. The minimum atomic E-state index is -0.282. The number of nitriles is 1. The highest BCUT2D eigenvalue weighted by molar-refractivity contribution is 5.55. The zero-order valence-electron chi connectivity index (χ0n) is 12.9. The molecule has 3 nitrogen and oxygen atoms in total. The lowest BCUT2D eigenvalue weighted by molar-refractivity contribution is 0.321. The maximum Gasteiger partial charge on any atom is 0.109 e. The Balaban J connectivity index is 1.68. The fraction of sp³-hybridized carbons (Fsp3) is 0.611. The van der Waals surface area contributed by atoms with E-state index in [4.69, 9.17) is 0 Å². The molecular weight excluding hydrogens is 258 g/mol. The molecule has 1 aromatic carbocycles. The van der Waals surface area contributed by atoms with E-state index < -0.39 is 0 Å². The molecule has 1 aliphatic heterocycles. The van der Waals surface area contributed by atoms with Gasteiger partial charge in [0.15, 0.2) is 0 Å². The summed E-state index contributed by atoms with van der Waals surface area (Å²) >= 11 is 0. The van der Waals surface area contributed by atoms with Gasteiger partial charge in [-0.25, -0.2) is 0 Å². The maximum atomic E-state index is 9.56. The molecule has 21 heavy (non-hydrogen) atoms. The smallest absolute Gasteiger partial charge is 0.109 e. The molecule has 0 bridgehead atoms. The van der Waals surface area contributed by atoms with E-state index in [1.54, 1.807) is 0 Å². The van der Waals surface area contributed by atoms with Crippen LogP contribution in [0.5, 0.6) is 0 Å². The van der Waals surface area contributed by atoms with Crippen molar-refractivity contribution in [2.24, 2.45) is 5.92 Å². The Hall–Kier alpha value is -1.53. The molecule has 1 N–H and O–H groups in total. The Morgan fingerprint density at radius 3 is 3.05 bits per heavy atom. The van der Waals surface area contributed by atoms with E-state index in [1.165, 1.54) is 36.9 Å². The number of anilines is 1. The lowest BCUT2D eigenvalue weighted by atomic mass is 9.85. The van der Waals surface area contributed by atoms with Crippen LogP contribution in [-0.2, 0) is 6.42 Å². The number of fused-ring (bicyclic) bond motifs is 1. The third kappa shape index (κ3) is 2.65. The van der Waals surface area contributed by atoms with Crippen molar-refractivity contribution >= 4 is 5.69 Å². The van der Waals surface area contributed by atoms with Crippen molar-refractivity contribution in [3.8, 4) is 6.07 Å². The van der Waals surface area contributed by atoms with Crippen LogP contribution in [0.15, 0.2) is 24.3 Å². The first-order valence-corrected chi connectivity index (χ1v) is 8.22. The molecule has 0 spiro atoms. The molecule has 2 atom stereocenters. The predicted octanol–water partition coefficient (Wildman–Crippen LogP) is 3.11. The predicted molar refractivity (Wildman–Crippen MR) is 86.3 cm³/mol. The van der Waals surface area contributed by atoms with Crippen molar-refractivity contribution in [3.05, 3.63) is 29.8 Å². The van der Waals surface area contributed by atoms with E-state index >= 15 is 0 Å². The molecule has 1 aromatic rings. The number of para-hydroxylation sites is 1. The summed E-state index contributed by atoms with van der Waals surface area (Å²) in [7, 11) is 1.94. The zero-order valence-corrected chi connectivity index (χ0v) is 12.9. The molecule has 1 fully saturated rings. The van der Waals surface area contributed by atoms with E-state index in [0.717, 1.165) is 25.9 Å². The minimum Gasteiger partial charge on any atom is -0.371 e. The summed E-state index contributed by atoms with van der Waals surface area (Å²) in [5, 5.41) is 12.9. The molecule has 0 aromatic heterocycles. The van der Waals surface area contributed by atoms with Crippen LogP contribution in [0.4, 0.5) is 5.69 Å². The highest BCUT2D eigenvalue weighted by Crippen LogP contribution is 2.38. The number of hydrogen-bond donors (Lipinski definition) is 1. The molecule has 1 aliphatic carbocycles. The van der Waals surface area contributed by atoms with Crippen molar-refractivity contribution in [2.45, 2.75) is 44.1 Å². The largest absolute Gasteiger partial charge is 0.371 e. The van der Waals surface area contributed by atoms with Gasteiger partial charge in [0, 0.05) is 18.8 Å². The van der Waals surface area contributed by atoms with Crippen molar-refractivity contribution in [2.75, 3.05) is 25.0 Å². The van der Waals surface area contributed by atoms with Gasteiger partial charge in [-0.2, -0.15) is 5.26 Å². The lowest BCUT2D eigenvalue weighted by Crippen LogP contribution is -2.46. The highest BCUT2D eigenvalue weighted by Gasteiger charge is 2.41. The number of hydrogen-bond acceptors (Lipinski definition) is 3. The third-order valence-corrected chi connectivity index (χ3v) is 5.42. The topological polar surface area (TPSA) is 39.1 Å². The van der Waals surface area contributed by atoms with Crippen LogP contribution in [-0.4, -0.2) is 25.7 Å². The monoisotopic (exact) mass is 283 g/mol. The number of rotatable bonds is 4. The van der Waals surface area contributed by atoms with Crippen LogP contribution in [0.25, 0.3) is 0 Å². The number of nitrogens with zero attached hydrogens (tertiary/aromatic N) is 2. The number of nitrogens with one attached hydrogen (secondary N) is 1. The second kappa shape index (κ2) is 6.07. The highest BCUT2D eigenvalue weighted by atomic mass is 15.1. The van der Waals surface area contributed by atoms with Crippen molar-refractivity contribution < 1.29 is 0 Å². The Bertz CT molecular complexity index is 534. The molecule has 0 radical (unpaired) electrons. The van der Waals surface area contributed by atoms with Gasteiger partial charge in [-0.1, -0.05) is 24.6 Å².